The zero-order valence-electron chi connectivity index (χ0n) is 15.8. The Kier molecular flexibility index (Phi) is 4.05. The maximum absolute atomic E-state index is 12.9. The third-order valence-corrected chi connectivity index (χ3v) is 6.71. The van der Waals surface area contributed by atoms with Crippen molar-refractivity contribution >= 4 is 11.9 Å². The highest BCUT2D eigenvalue weighted by Gasteiger charge is 2.73. The number of methoxy groups -OCH3 is 1. The van der Waals surface area contributed by atoms with E-state index in [1.54, 1.807) is 6.08 Å². The summed E-state index contributed by atoms with van der Waals surface area (Å²) in [7, 11) is 1.37. The first-order valence-electron chi connectivity index (χ1n) is 8.98. The Hall–Kier alpha value is -1.78. The molecule has 0 aromatic rings. The molecular formula is C20H28O5. The van der Waals surface area contributed by atoms with Crippen molar-refractivity contribution in [3.63, 3.8) is 0 Å². The highest BCUT2D eigenvalue weighted by molar-refractivity contribution is 5.84. The van der Waals surface area contributed by atoms with Crippen molar-refractivity contribution in [2.24, 2.45) is 28.6 Å². The largest absolute Gasteiger partial charge is 0.494 e. The highest BCUT2D eigenvalue weighted by atomic mass is 16.6. The van der Waals surface area contributed by atoms with Crippen LogP contribution in [0.5, 0.6) is 0 Å². The molecule has 2 aliphatic carbocycles. The van der Waals surface area contributed by atoms with Crippen LogP contribution in [0.15, 0.2) is 24.5 Å². The summed E-state index contributed by atoms with van der Waals surface area (Å²) < 4.78 is 17.1. The normalized spacial score (nSPS) is 41.2. The molecular weight excluding hydrogens is 320 g/mol. The van der Waals surface area contributed by atoms with E-state index in [-0.39, 0.29) is 29.2 Å². The molecule has 1 saturated heterocycles. The second-order valence-electron chi connectivity index (χ2n) is 8.23. The smallest absolute Gasteiger partial charge is 0.314 e. The van der Waals surface area contributed by atoms with Crippen molar-refractivity contribution in [3.8, 4) is 0 Å². The van der Waals surface area contributed by atoms with E-state index >= 15 is 0 Å². The van der Waals surface area contributed by atoms with Gasteiger partial charge in [0.25, 0.3) is 0 Å². The van der Waals surface area contributed by atoms with E-state index in [1.807, 2.05) is 19.9 Å². The van der Waals surface area contributed by atoms with E-state index in [0.717, 1.165) is 12.8 Å². The van der Waals surface area contributed by atoms with E-state index in [4.69, 9.17) is 14.2 Å². The van der Waals surface area contributed by atoms with Crippen molar-refractivity contribution in [2.75, 3.05) is 13.7 Å². The second-order valence-corrected chi connectivity index (χ2v) is 8.23. The number of allylic oxidation sites excluding steroid dienone is 1. The molecule has 1 spiro atoms. The van der Waals surface area contributed by atoms with Gasteiger partial charge in [0.15, 0.2) is 5.60 Å². The third kappa shape index (κ3) is 2.14. The van der Waals surface area contributed by atoms with E-state index in [9.17, 15) is 9.59 Å². The average Bonchev–Trinajstić information content (AvgIpc) is 2.55. The zero-order chi connectivity index (χ0) is 18.6. The molecule has 0 aromatic carbocycles. The SMILES string of the molecule is C=CC1(C)CC[C@H]2C(C)(C)[C@@H]3C=C(OCC)[C@]2(OC3=O)[C@H]1C(=O)OC. The van der Waals surface area contributed by atoms with Crippen LogP contribution in [0, 0.1) is 28.6 Å². The van der Waals surface area contributed by atoms with Crippen LogP contribution in [-0.2, 0) is 23.8 Å². The fraction of sp³-hybridized carbons (Fsp3) is 0.700. The minimum absolute atomic E-state index is 0.00799. The standard InChI is InChI=1S/C20H28O5/c1-7-19(5)10-9-13-18(3,4)12-11-14(24-8-2)20(13,25-16(12)21)15(19)17(22)23-6/h7,11-13,15H,1,8-10H2,2-6H3/t12-,13+,15+,19?,20+/m1/s1. The van der Waals surface area contributed by atoms with E-state index in [1.165, 1.54) is 7.11 Å². The molecule has 2 aliphatic heterocycles. The first-order chi connectivity index (χ1) is 11.7. The summed E-state index contributed by atoms with van der Waals surface area (Å²) in [6.45, 7) is 12.5. The van der Waals surface area contributed by atoms with Gasteiger partial charge in [0.1, 0.15) is 11.7 Å². The number of esters is 2. The first-order valence-corrected chi connectivity index (χ1v) is 8.98. The lowest BCUT2D eigenvalue weighted by Gasteiger charge is -2.64. The molecule has 1 saturated carbocycles. The summed E-state index contributed by atoms with van der Waals surface area (Å²) in [6, 6.07) is 0. The quantitative estimate of drug-likeness (QED) is 0.576. The first kappa shape index (κ1) is 18.0. The van der Waals surface area contributed by atoms with Crippen LogP contribution in [0.1, 0.15) is 40.5 Å². The van der Waals surface area contributed by atoms with Gasteiger partial charge in [0.05, 0.1) is 19.6 Å². The summed E-state index contributed by atoms with van der Waals surface area (Å²) in [6.07, 6.45) is 5.29. The Labute approximate surface area is 149 Å². The van der Waals surface area contributed by atoms with Crippen LogP contribution in [0.4, 0.5) is 0 Å². The molecule has 2 heterocycles. The molecule has 0 amide bonds. The van der Waals surface area contributed by atoms with Crippen LogP contribution in [-0.4, -0.2) is 31.3 Å². The summed E-state index contributed by atoms with van der Waals surface area (Å²) >= 11 is 0. The maximum Gasteiger partial charge on any atom is 0.314 e. The molecule has 5 nitrogen and oxygen atoms in total. The molecule has 1 unspecified atom stereocenters. The Morgan fingerprint density at radius 3 is 2.68 bits per heavy atom. The Bertz CT molecular complexity index is 648. The van der Waals surface area contributed by atoms with Crippen LogP contribution in [0.3, 0.4) is 0 Å². The summed E-state index contributed by atoms with van der Waals surface area (Å²) in [5, 5.41) is 0. The molecule has 0 N–H and O–H groups in total. The number of ether oxygens (including phenoxy) is 3. The van der Waals surface area contributed by atoms with Crippen LogP contribution in [0.25, 0.3) is 0 Å². The monoisotopic (exact) mass is 348 g/mol. The van der Waals surface area contributed by atoms with Crippen molar-refractivity contribution in [2.45, 2.75) is 46.1 Å². The van der Waals surface area contributed by atoms with Crippen LogP contribution >= 0.6 is 0 Å². The van der Waals surface area contributed by atoms with Gasteiger partial charge in [-0.25, -0.2) is 0 Å². The Morgan fingerprint density at radius 2 is 2.12 bits per heavy atom. The van der Waals surface area contributed by atoms with Gasteiger partial charge in [0.2, 0.25) is 0 Å². The third-order valence-electron chi connectivity index (χ3n) is 6.71. The minimum atomic E-state index is -1.13. The molecule has 0 radical (unpaired) electrons. The van der Waals surface area contributed by atoms with Crippen molar-refractivity contribution in [3.05, 3.63) is 24.5 Å². The molecule has 25 heavy (non-hydrogen) atoms. The fourth-order valence-corrected chi connectivity index (χ4v) is 5.34. The molecule has 2 bridgehead atoms. The van der Waals surface area contributed by atoms with Gasteiger partial charge in [-0.2, -0.15) is 0 Å². The maximum atomic E-state index is 12.9. The molecule has 4 rings (SSSR count). The predicted molar refractivity (Wildman–Crippen MR) is 92.3 cm³/mol. The number of hydrogen-bond donors (Lipinski definition) is 0. The summed E-state index contributed by atoms with van der Waals surface area (Å²) in [4.78, 5) is 25.6. The van der Waals surface area contributed by atoms with Gasteiger partial charge >= 0.3 is 11.9 Å². The predicted octanol–water partition coefficient (Wildman–Crippen LogP) is 3.25. The van der Waals surface area contributed by atoms with E-state index in [2.05, 4.69) is 20.4 Å². The van der Waals surface area contributed by atoms with Gasteiger partial charge in [-0.3, -0.25) is 9.59 Å². The molecule has 4 aliphatic rings. The lowest BCUT2D eigenvalue weighted by atomic mass is 9.45. The highest BCUT2D eigenvalue weighted by Crippen LogP contribution is 2.66. The van der Waals surface area contributed by atoms with Gasteiger partial charge < -0.3 is 14.2 Å². The Morgan fingerprint density at radius 1 is 1.44 bits per heavy atom. The van der Waals surface area contributed by atoms with Gasteiger partial charge in [-0.15, -0.1) is 6.58 Å². The summed E-state index contributed by atoms with van der Waals surface area (Å²) in [5.41, 5.74) is -1.98. The lowest BCUT2D eigenvalue weighted by molar-refractivity contribution is -0.246. The Balaban J connectivity index is 2.28. The van der Waals surface area contributed by atoms with Gasteiger partial charge in [-0.1, -0.05) is 26.8 Å². The molecule has 138 valence electrons. The van der Waals surface area contributed by atoms with E-state index < -0.39 is 16.9 Å². The number of rotatable bonds is 4. The molecule has 0 aromatic heterocycles. The molecule has 5 atom stereocenters. The van der Waals surface area contributed by atoms with Crippen LogP contribution in [0.2, 0.25) is 0 Å². The van der Waals surface area contributed by atoms with E-state index in [0.29, 0.717) is 12.4 Å². The number of fused-ring (bicyclic) bond motifs is 1. The van der Waals surface area contributed by atoms with Crippen LogP contribution < -0.4 is 0 Å². The minimum Gasteiger partial charge on any atom is -0.494 e. The average molecular weight is 348 g/mol. The number of hydrogen-bond acceptors (Lipinski definition) is 5. The fourth-order valence-electron chi connectivity index (χ4n) is 5.34. The van der Waals surface area contributed by atoms with Crippen molar-refractivity contribution in [1.29, 1.82) is 0 Å². The number of carbonyl (C=O) groups excluding carboxylic acids is 2. The number of carbonyl (C=O) groups is 2. The van der Waals surface area contributed by atoms with Crippen molar-refractivity contribution in [1.82, 2.24) is 0 Å². The summed E-state index contributed by atoms with van der Waals surface area (Å²) in [5.74, 6) is -1.11. The lowest BCUT2D eigenvalue weighted by Crippen LogP contribution is -2.71. The molecule has 5 heteroatoms. The van der Waals surface area contributed by atoms with Crippen molar-refractivity contribution < 1.29 is 23.8 Å². The zero-order valence-corrected chi connectivity index (χ0v) is 15.8. The second kappa shape index (κ2) is 5.61. The van der Waals surface area contributed by atoms with Gasteiger partial charge in [-0.05, 0) is 31.3 Å². The molecule has 2 fully saturated rings. The topological polar surface area (TPSA) is 61.8 Å². The van der Waals surface area contributed by atoms with Gasteiger partial charge in [0, 0.05) is 11.3 Å².